The molecule has 3 fully saturated rings. The van der Waals surface area contributed by atoms with E-state index in [9.17, 15) is 14.4 Å². The van der Waals surface area contributed by atoms with E-state index in [0.717, 1.165) is 6.42 Å². The molecule has 0 radical (unpaired) electrons. The number of hydrogen-bond acceptors (Lipinski definition) is 3. The summed E-state index contributed by atoms with van der Waals surface area (Å²) >= 11 is 5.87. The number of nitrogens with one attached hydrogen (secondary N) is 1. The molecule has 6 heteroatoms. The number of halogens is 1. The van der Waals surface area contributed by atoms with Gasteiger partial charge in [-0.2, -0.15) is 0 Å². The lowest BCUT2D eigenvalue weighted by Gasteiger charge is -2.37. The molecule has 30 heavy (non-hydrogen) atoms. The van der Waals surface area contributed by atoms with Crippen LogP contribution < -0.4 is 10.2 Å². The molecule has 2 aromatic carbocycles. The lowest BCUT2D eigenvalue weighted by molar-refractivity contribution is -0.124. The zero-order chi connectivity index (χ0) is 20.6. The van der Waals surface area contributed by atoms with Crippen molar-refractivity contribution in [3.05, 3.63) is 71.3 Å². The van der Waals surface area contributed by atoms with Gasteiger partial charge in [0.05, 0.1) is 17.5 Å². The van der Waals surface area contributed by atoms with E-state index in [2.05, 4.69) is 17.5 Å². The molecule has 4 aliphatic carbocycles. The van der Waals surface area contributed by atoms with E-state index in [1.165, 1.54) is 4.90 Å². The maximum Gasteiger partial charge on any atom is 0.255 e. The van der Waals surface area contributed by atoms with Gasteiger partial charge < -0.3 is 5.32 Å². The minimum Gasteiger partial charge on any atom is -0.322 e. The zero-order valence-electron chi connectivity index (χ0n) is 16.0. The summed E-state index contributed by atoms with van der Waals surface area (Å²) in [6.07, 6.45) is 5.48. The Balaban J connectivity index is 1.23. The Morgan fingerprint density at radius 2 is 1.43 bits per heavy atom. The van der Waals surface area contributed by atoms with Crippen LogP contribution in [-0.2, 0) is 9.59 Å². The predicted molar refractivity (Wildman–Crippen MR) is 113 cm³/mol. The molecule has 0 aromatic heterocycles. The number of hydrogen-bond donors (Lipinski definition) is 1. The average Bonchev–Trinajstić information content (AvgIpc) is 3.53. The normalized spacial score (nSPS) is 32.8. The molecule has 5 nitrogen and oxygen atoms in total. The summed E-state index contributed by atoms with van der Waals surface area (Å²) in [5.41, 5.74) is 1.63. The Labute approximate surface area is 178 Å². The Kier molecular flexibility index (Phi) is 3.75. The second-order valence-corrected chi connectivity index (χ2v) is 9.11. The van der Waals surface area contributed by atoms with Crippen molar-refractivity contribution < 1.29 is 14.4 Å². The third-order valence-electron chi connectivity index (χ3n) is 7.15. The number of allylic oxidation sites excluding steroid dienone is 2. The van der Waals surface area contributed by atoms with E-state index in [0.29, 0.717) is 33.8 Å². The minimum atomic E-state index is -0.265. The van der Waals surface area contributed by atoms with Crippen LogP contribution in [-0.4, -0.2) is 17.7 Å². The molecular weight excluding hydrogens is 400 g/mol. The molecule has 2 bridgehead atoms. The van der Waals surface area contributed by atoms with Gasteiger partial charge in [0.1, 0.15) is 0 Å². The van der Waals surface area contributed by atoms with Crippen molar-refractivity contribution in [3.8, 4) is 0 Å². The van der Waals surface area contributed by atoms with E-state index in [1.807, 2.05) is 0 Å². The fourth-order valence-corrected chi connectivity index (χ4v) is 5.84. The number of carbonyl (C=O) groups excluding carboxylic acids is 3. The van der Waals surface area contributed by atoms with E-state index >= 15 is 0 Å². The lowest BCUT2D eigenvalue weighted by atomic mass is 9.63. The van der Waals surface area contributed by atoms with Gasteiger partial charge in [0, 0.05) is 16.3 Å². The van der Waals surface area contributed by atoms with Crippen LogP contribution in [0.5, 0.6) is 0 Å². The van der Waals surface area contributed by atoms with Crippen molar-refractivity contribution in [3.63, 3.8) is 0 Å². The quantitative estimate of drug-likeness (QED) is 0.601. The molecule has 6 atom stereocenters. The van der Waals surface area contributed by atoms with Crippen LogP contribution in [0.15, 0.2) is 60.7 Å². The highest BCUT2D eigenvalue weighted by Crippen LogP contribution is 2.65. The van der Waals surface area contributed by atoms with Crippen LogP contribution in [0.1, 0.15) is 16.8 Å². The van der Waals surface area contributed by atoms with Gasteiger partial charge in [-0.15, -0.1) is 0 Å². The van der Waals surface area contributed by atoms with Gasteiger partial charge in [0.25, 0.3) is 5.91 Å². The first-order valence-corrected chi connectivity index (χ1v) is 10.6. The van der Waals surface area contributed by atoms with E-state index in [4.69, 9.17) is 11.6 Å². The van der Waals surface area contributed by atoms with Crippen molar-refractivity contribution in [2.75, 3.05) is 10.2 Å². The SMILES string of the molecule is O=C(Nc1ccc(Cl)cc1)c1ccc(N2C(=O)[C@@H]3[C@H]4C=C[C@@H]([C@@H]5C[C@H]45)[C@H]3C2=O)cc1. The number of amides is 3. The molecule has 1 heterocycles. The first kappa shape index (κ1) is 17.9. The van der Waals surface area contributed by atoms with Gasteiger partial charge in [-0.1, -0.05) is 23.8 Å². The van der Waals surface area contributed by atoms with Crippen LogP contribution in [0.3, 0.4) is 0 Å². The molecule has 1 N–H and O–H groups in total. The maximum absolute atomic E-state index is 13.2. The van der Waals surface area contributed by atoms with Crippen LogP contribution in [0.2, 0.25) is 5.02 Å². The molecular formula is C24H19ClN2O3. The summed E-state index contributed by atoms with van der Waals surface area (Å²) in [4.78, 5) is 40.2. The maximum atomic E-state index is 13.2. The fraction of sp³-hybridized carbons (Fsp3) is 0.292. The second kappa shape index (κ2) is 6.29. The predicted octanol–water partition coefficient (Wildman–Crippen LogP) is 4.15. The number of benzene rings is 2. The number of anilines is 2. The van der Waals surface area contributed by atoms with Crippen molar-refractivity contribution >= 4 is 40.7 Å². The highest BCUT2D eigenvalue weighted by atomic mass is 35.5. The standard InChI is InChI=1S/C24H19ClN2O3/c25-13-3-5-14(6-4-13)26-22(28)12-1-7-15(8-2-12)27-23(29)20-16-9-10-17(19-11-18(16)19)21(20)24(27)30/h1-10,16-21H,11H2,(H,26,28)/t16-,17-,18-,19+,20+,21+/m0/s1. The largest absolute Gasteiger partial charge is 0.322 e. The number of carbonyl (C=O) groups is 3. The summed E-state index contributed by atoms with van der Waals surface area (Å²) in [6.45, 7) is 0. The van der Waals surface area contributed by atoms with Gasteiger partial charge in [0.2, 0.25) is 11.8 Å². The number of nitrogens with zero attached hydrogens (tertiary/aromatic N) is 1. The number of rotatable bonds is 3. The van der Waals surface area contributed by atoms with Gasteiger partial charge in [-0.25, -0.2) is 0 Å². The number of imide groups is 1. The van der Waals surface area contributed by atoms with Crippen LogP contribution in [0, 0.1) is 35.5 Å². The van der Waals surface area contributed by atoms with Crippen molar-refractivity contribution in [1.29, 1.82) is 0 Å². The van der Waals surface area contributed by atoms with Crippen LogP contribution in [0.25, 0.3) is 0 Å². The summed E-state index contributed by atoms with van der Waals surface area (Å²) in [5, 5.41) is 3.40. The molecule has 1 aliphatic heterocycles. The molecule has 2 saturated carbocycles. The molecule has 2 aromatic rings. The topological polar surface area (TPSA) is 66.5 Å². The van der Waals surface area contributed by atoms with Crippen molar-refractivity contribution in [2.24, 2.45) is 35.5 Å². The Morgan fingerprint density at radius 1 is 0.867 bits per heavy atom. The van der Waals surface area contributed by atoms with Gasteiger partial charge in [-0.05, 0) is 78.6 Å². The molecule has 7 rings (SSSR count). The Bertz CT molecular complexity index is 1070. The third kappa shape index (κ3) is 2.51. The highest BCUT2D eigenvalue weighted by Gasteiger charge is 2.67. The molecule has 5 aliphatic rings. The average molecular weight is 419 g/mol. The zero-order valence-corrected chi connectivity index (χ0v) is 16.8. The minimum absolute atomic E-state index is 0.0898. The first-order chi connectivity index (χ1) is 14.5. The molecule has 150 valence electrons. The summed E-state index contributed by atoms with van der Waals surface area (Å²) in [5.74, 6) is 0.689. The molecule has 3 amide bonds. The fourth-order valence-electron chi connectivity index (χ4n) is 5.71. The summed E-state index contributed by atoms with van der Waals surface area (Å²) in [6, 6.07) is 13.5. The van der Waals surface area contributed by atoms with Gasteiger partial charge >= 0.3 is 0 Å². The van der Waals surface area contributed by atoms with E-state index < -0.39 is 0 Å². The summed E-state index contributed by atoms with van der Waals surface area (Å²) in [7, 11) is 0. The van der Waals surface area contributed by atoms with Gasteiger partial charge in [-0.3, -0.25) is 19.3 Å². The smallest absolute Gasteiger partial charge is 0.255 e. The van der Waals surface area contributed by atoms with Crippen molar-refractivity contribution in [2.45, 2.75) is 6.42 Å². The Hall–Kier alpha value is -2.92. The van der Waals surface area contributed by atoms with E-state index in [-0.39, 0.29) is 41.4 Å². The lowest BCUT2D eigenvalue weighted by Crippen LogP contribution is -2.40. The highest BCUT2D eigenvalue weighted by molar-refractivity contribution is 6.30. The third-order valence-corrected chi connectivity index (χ3v) is 7.40. The molecule has 1 saturated heterocycles. The van der Waals surface area contributed by atoms with Crippen LogP contribution >= 0.6 is 11.6 Å². The van der Waals surface area contributed by atoms with E-state index in [1.54, 1.807) is 48.5 Å². The Morgan fingerprint density at radius 3 is 2.00 bits per heavy atom. The molecule has 0 spiro atoms. The van der Waals surface area contributed by atoms with Crippen LogP contribution in [0.4, 0.5) is 11.4 Å². The monoisotopic (exact) mass is 418 g/mol. The molecule has 0 unspecified atom stereocenters. The van der Waals surface area contributed by atoms with Gasteiger partial charge in [0.15, 0.2) is 0 Å². The first-order valence-electron chi connectivity index (χ1n) is 10.3. The van der Waals surface area contributed by atoms with Crippen molar-refractivity contribution in [1.82, 2.24) is 0 Å². The second-order valence-electron chi connectivity index (χ2n) is 8.67. The summed E-state index contributed by atoms with van der Waals surface area (Å²) < 4.78 is 0.